The topological polar surface area (TPSA) is 66.4 Å². The molecule has 20 heavy (non-hydrogen) atoms. The molecule has 2 N–H and O–H groups in total. The number of carboxylic acid groups (broad SMARTS) is 1. The number of amides is 1. The van der Waals surface area contributed by atoms with Gasteiger partial charge >= 0.3 is 5.97 Å². The SMILES string of the molecule is O=C(CCc1ccc(C(=O)O)cc1)NCC1CC=CC1. The van der Waals surface area contributed by atoms with Gasteiger partial charge in [-0.05, 0) is 42.9 Å². The second kappa shape index (κ2) is 6.89. The Kier molecular flexibility index (Phi) is 4.93. The molecule has 106 valence electrons. The van der Waals surface area contributed by atoms with Crippen molar-refractivity contribution in [3.8, 4) is 0 Å². The number of aromatic carboxylic acids is 1. The van der Waals surface area contributed by atoms with E-state index >= 15 is 0 Å². The fourth-order valence-electron chi connectivity index (χ4n) is 2.26. The Morgan fingerprint density at radius 2 is 1.80 bits per heavy atom. The van der Waals surface area contributed by atoms with E-state index in [1.54, 1.807) is 24.3 Å². The Balaban J connectivity index is 1.71. The summed E-state index contributed by atoms with van der Waals surface area (Å²) in [6.07, 6.45) is 7.48. The van der Waals surface area contributed by atoms with Gasteiger partial charge in [-0.25, -0.2) is 4.79 Å². The van der Waals surface area contributed by atoms with Crippen molar-refractivity contribution in [3.63, 3.8) is 0 Å². The molecular weight excluding hydrogens is 254 g/mol. The minimum Gasteiger partial charge on any atom is -0.478 e. The molecule has 1 aromatic rings. The highest BCUT2D eigenvalue weighted by Gasteiger charge is 2.11. The van der Waals surface area contributed by atoms with Crippen LogP contribution in [0.15, 0.2) is 36.4 Å². The predicted molar refractivity (Wildman–Crippen MR) is 76.6 cm³/mol. The monoisotopic (exact) mass is 273 g/mol. The highest BCUT2D eigenvalue weighted by Crippen LogP contribution is 2.16. The van der Waals surface area contributed by atoms with Crippen LogP contribution in [0.5, 0.6) is 0 Å². The van der Waals surface area contributed by atoms with E-state index in [1.165, 1.54) is 0 Å². The molecule has 0 atom stereocenters. The summed E-state index contributed by atoms with van der Waals surface area (Å²) in [5.74, 6) is -0.326. The third-order valence-electron chi connectivity index (χ3n) is 3.54. The third kappa shape index (κ3) is 4.23. The minimum atomic E-state index is -0.931. The first-order chi connectivity index (χ1) is 9.65. The molecule has 0 aromatic heterocycles. The Hall–Kier alpha value is -2.10. The maximum Gasteiger partial charge on any atom is 0.335 e. The molecule has 1 amide bonds. The molecule has 0 heterocycles. The fourth-order valence-corrected chi connectivity index (χ4v) is 2.26. The smallest absolute Gasteiger partial charge is 0.335 e. The van der Waals surface area contributed by atoms with Crippen LogP contribution in [0.3, 0.4) is 0 Å². The van der Waals surface area contributed by atoms with Gasteiger partial charge in [0.1, 0.15) is 0 Å². The van der Waals surface area contributed by atoms with Gasteiger partial charge in [-0.2, -0.15) is 0 Å². The van der Waals surface area contributed by atoms with Gasteiger partial charge < -0.3 is 10.4 Å². The van der Waals surface area contributed by atoms with E-state index in [-0.39, 0.29) is 11.5 Å². The van der Waals surface area contributed by atoms with Crippen molar-refractivity contribution in [3.05, 3.63) is 47.5 Å². The zero-order chi connectivity index (χ0) is 14.4. The minimum absolute atomic E-state index is 0.0548. The molecule has 0 saturated heterocycles. The van der Waals surface area contributed by atoms with Gasteiger partial charge in [-0.15, -0.1) is 0 Å². The molecule has 0 fully saturated rings. The predicted octanol–water partition coefficient (Wildman–Crippen LogP) is 2.40. The molecule has 4 nitrogen and oxygen atoms in total. The number of nitrogens with one attached hydrogen (secondary N) is 1. The van der Waals surface area contributed by atoms with Crippen molar-refractivity contribution in [1.29, 1.82) is 0 Å². The van der Waals surface area contributed by atoms with Gasteiger partial charge in [0.25, 0.3) is 0 Å². The van der Waals surface area contributed by atoms with Crippen LogP contribution >= 0.6 is 0 Å². The van der Waals surface area contributed by atoms with Crippen LogP contribution in [-0.4, -0.2) is 23.5 Å². The molecule has 1 aliphatic rings. The standard InChI is InChI=1S/C16H19NO3/c18-15(17-11-13-3-1-2-4-13)10-7-12-5-8-14(9-6-12)16(19)20/h1-2,5-6,8-9,13H,3-4,7,10-11H2,(H,17,18)(H,19,20). The Bertz CT molecular complexity index is 497. The normalized spacial score (nSPS) is 14.4. The molecule has 0 radical (unpaired) electrons. The highest BCUT2D eigenvalue weighted by molar-refractivity contribution is 5.87. The van der Waals surface area contributed by atoms with Crippen LogP contribution in [0.2, 0.25) is 0 Å². The maximum absolute atomic E-state index is 11.7. The summed E-state index contributed by atoms with van der Waals surface area (Å²) in [6, 6.07) is 6.66. The van der Waals surface area contributed by atoms with Gasteiger partial charge in [0.05, 0.1) is 5.56 Å². The number of aryl methyl sites for hydroxylation is 1. The summed E-state index contributed by atoms with van der Waals surface area (Å²) in [5.41, 5.74) is 1.25. The number of benzene rings is 1. The summed E-state index contributed by atoms with van der Waals surface area (Å²) in [7, 11) is 0. The van der Waals surface area contributed by atoms with Crippen LogP contribution < -0.4 is 5.32 Å². The molecule has 0 saturated carbocycles. The summed E-state index contributed by atoms with van der Waals surface area (Å²) < 4.78 is 0. The van der Waals surface area contributed by atoms with Crippen LogP contribution in [0, 0.1) is 5.92 Å². The van der Waals surface area contributed by atoms with Crippen molar-refractivity contribution in [2.45, 2.75) is 25.7 Å². The number of hydrogen-bond donors (Lipinski definition) is 2. The number of carboxylic acids is 1. The number of rotatable bonds is 6. The van der Waals surface area contributed by atoms with Crippen molar-refractivity contribution < 1.29 is 14.7 Å². The summed E-state index contributed by atoms with van der Waals surface area (Å²) in [4.78, 5) is 22.4. The van der Waals surface area contributed by atoms with Gasteiger partial charge in [-0.1, -0.05) is 24.3 Å². The van der Waals surface area contributed by atoms with E-state index in [1.807, 2.05) is 0 Å². The molecular formula is C16H19NO3. The second-order valence-electron chi connectivity index (χ2n) is 5.11. The lowest BCUT2D eigenvalue weighted by Gasteiger charge is -2.10. The molecule has 1 aliphatic carbocycles. The van der Waals surface area contributed by atoms with E-state index in [2.05, 4.69) is 17.5 Å². The molecule has 0 unspecified atom stereocenters. The Morgan fingerprint density at radius 3 is 2.40 bits per heavy atom. The second-order valence-corrected chi connectivity index (χ2v) is 5.11. The number of allylic oxidation sites excluding steroid dienone is 2. The van der Waals surface area contributed by atoms with E-state index in [4.69, 9.17) is 5.11 Å². The number of hydrogen-bond acceptors (Lipinski definition) is 2. The average Bonchev–Trinajstić information content (AvgIpc) is 2.96. The quantitative estimate of drug-likeness (QED) is 0.782. The van der Waals surface area contributed by atoms with Gasteiger partial charge in [-0.3, -0.25) is 4.79 Å². The average molecular weight is 273 g/mol. The Morgan fingerprint density at radius 1 is 1.15 bits per heavy atom. The van der Waals surface area contributed by atoms with E-state index in [0.29, 0.717) is 18.8 Å². The van der Waals surface area contributed by atoms with Gasteiger partial charge in [0.2, 0.25) is 5.91 Å². The lowest BCUT2D eigenvalue weighted by Crippen LogP contribution is -2.28. The van der Waals surface area contributed by atoms with Crippen LogP contribution in [0.25, 0.3) is 0 Å². The molecule has 0 spiro atoms. The van der Waals surface area contributed by atoms with Crippen molar-refractivity contribution in [2.24, 2.45) is 5.92 Å². The molecule has 0 aliphatic heterocycles. The first kappa shape index (κ1) is 14.3. The van der Waals surface area contributed by atoms with Crippen molar-refractivity contribution >= 4 is 11.9 Å². The molecule has 1 aromatic carbocycles. The van der Waals surface area contributed by atoms with E-state index in [0.717, 1.165) is 24.9 Å². The first-order valence-electron chi connectivity index (χ1n) is 6.89. The van der Waals surface area contributed by atoms with Crippen LogP contribution in [-0.2, 0) is 11.2 Å². The van der Waals surface area contributed by atoms with Crippen molar-refractivity contribution in [2.75, 3.05) is 6.54 Å². The molecule has 0 bridgehead atoms. The zero-order valence-electron chi connectivity index (χ0n) is 11.3. The lowest BCUT2D eigenvalue weighted by molar-refractivity contribution is -0.121. The third-order valence-corrected chi connectivity index (χ3v) is 3.54. The van der Waals surface area contributed by atoms with Crippen molar-refractivity contribution in [1.82, 2.24) is 5.32 Å². The first-order valence-corrected chi connectivity index (χ1v) is 6.89. The lowest BCUT2D eigenvalue weighted by atomic mass is 10.1. The maximum atomic E-state index is 11.7. The number of carbonyl (C=O) groups is 2. The van der Waals surface area contributed by atoms with E-state index < -0.39 is 5.97 Å². The van der Waals surface area contributed by atoms with E-state index in [9.17, 15) is 9.59 Å². The van der Waals surface area contributed by atoms with Crippen LogP contribution in [0.4, 0.5) is 0 Å². The molecule has 2 rings (SSSR count). The molecule has 4 heteroatoms. The highest BCUT2D eigenvalue weighted by atomic mass is 16.4. The number of carbonyl (C=O) groups excluding carboxylic acids is 1. The van der Waals surface area contributed by atoms with Crippen LogP contribution in [0.1, 0.15) is 35.2 Å². The summed E-state index contributed by atoms with van der Waals surface area (Å²) in [6.45, 7) is 0.740. The largest absolute Gasteiger partial charge is 0.478 e. The summed E-state index contributed by atoms with van der Waals surface area (Å²) in [5, 5.41) is 11.7. The summed E-state index contributed by atoms with van der Waals surface area (Å²) >= 11 is 0. The van der Waals surface area contributed by atoms with Gasteiger partial charge in [0, 0.05) is 13.0 Å². The van der Waals surface area contributed by atoms with Gasteiger partial charge in [0.15, 0.2) is 0 Å². The Labute approximate surface area is 118 Å². The fraction of sp³-hybridized carbons (Fsp3) is 0.375. The zero-order valence-corrected chi connectivity index (χ0v) is 11.3.